The van der Waals surface area contributed by atoms with E-state index >= 15 is 0 Å². The molecule has 3 nitrogen and oxygen atoms in total. The van der Waals surface area contributed by atoms with Crippen molar-refractivity contribution >= 4 is 5.97 Å². The molecule has 0 N–H and O–H groups in total. The maximum Gasteiger partial charge on any atom is 0.350 e. The van der Waals surface area contributed by atoms with E-state index < -0.39 is 5.60 Å². The summed E-state index contributed by atoms with van der Waals surface area (Å²) >= 11 is 0. The Bertz CT molecular complexity index is 548. The number of hydrogen-bond donors (Lipinski definition) is 0. The Hall–Kier alpha value is -2.03. The van der Waals surface area contributed by atoms with Crippen molar-refractivity contribution < 1.29 is 14.3 Å². The van der Waals surface area contributed by atoms with Gasteiger partial charge in [0.2, 0.25) is 5.60 Å². The number of rotatable bonds is 8. The van der Waals surface area contributed by atoms with Crippen molar-refractivity contribution in [1.29, 1.82) is 0 Å². The van der Waals surface area contributed by atoms with Crippen molar-refractivity contribution in [2.75, 3.05) is 6.61 Å². The zero-order valence-corrected chi connectivity index (χ0v) is 14.0. The van der Waals surface area contributed by atoms with Gasteiger partial charge in [-0.3, -0.25) is 0 Å². The van der Waals surface area contributed by atoms with Gasteiger partial charge in [-0.2, -0.15) is 0 Å². The zero-order chi connectivity index (χ0) is 16.8. The molecule has 0 aliphatic rings. The van der Waals surface area contributed by atoms with Gasteiger partial charge in [-0.25, -0.2) is 4.79 Å². The van der Waals surface area contributed by atoms with Crippen LogP contribution >= 0.6 is 0 Å². The lowest BCUT2D eigenvalue weighted by molar-refractivity contribution is -0.160. The zero-order valence-electron chi connectivity index (χ0n) is 14.0. The second kappa shape index (κ2) is 7.83. The molecule has 3 heteroatoms. The van der Waals surface area contributed by atoms with Gasteiger partial charge in [0.1, 0.15) is 5.75 Å². The van der Waals surface area contributed by atoms with Crippen LogP contribution in [0.1, 0.15) is 44.2 Å². The van der Waals surface area contributed by atoms with Crippen LogP contribution in [0.4, 0.5) is 0 Å². The Balaban J connectivity index is 3.22. The molecular formula is C19H26O3. The molecule has 0 aromatic heterocycles. The maximum absolute atomic E-state index is 12.3. The van der Waals surface area contributed by atoms with Crippen LogP contribution in [0.3, 0.4) is 0 Å². The first-order valence-corrected chi connectivity index (χ1v) is 7.58. The highest BCUT2D eigenvalue weighted by Crippen LogP contribution is 2.32. The van der Waals surface area contributed by atoms with Crippen LogP contribution in [0.25, 0.3) is 0 Å². The summed E-state index contributed by atoms with van der Waals surface area (Å²) in [4.78, 5) is 12.3. The second-order valence-corrected chi connectivity index (χ2v) is 5.61. The molecule has 22 heavy (non-hydrogen) atoms. The summed E-state index contributed by atoms with van der Waals surface area (Å²) in [5.41, 5.74) is 0.987. The van der Waals surface area contributed by atoms with Crippen molar-refractivity contribution in [2.45, 2.75) is 45.6 Å². The molecule has 0 heterocycles. The number of ether oxygens (including phenoxy) is 2. The van der Waals surface area contributed by atoms with Crippen LogP contribution in [-0.4, -0.2) is 18.2 Å². The van der Waals surface area contributed by atoms with Gasteiger partial charge in [0, 0.05) is 17.9 Å². The van der Waals surface area contributed by atoms with E-state index in [0.717, 1.165) is 11.1 Å². The maximum atomic E-state index is 12.3. The predicted molar refractivity (Wildman–Crippen MR) is 90.3 cm³/mol. The van der Waals surface area contributed by atoms with E-state index in [9.17, 15) is 4.79 Å². The van der Waals surface area contributed by atoms with Gasteiger partial charge < -0.3 is 9.47 Å². The Kier molecular flexibility index (Phi) is 6.41. The molecule has 1 rings (SSSR count). The predicted octanol–water partition coefficient (Wildman–Crippen LogP) is 4.56. The molecule has 0 aliphatic carbocycles. The number of hydrogen-bond acceptors (Lipinski definition) is 3. The van der Waals surface area contributed by atoms with E-state index in [1.807, 2.05) is 38.1 Å². The minimum atomic E-state index is -1.08. The molecule has 0 spiro atoms. The fourth-order valence-corrected chi connectivity index (χ4v) is 2.20. The van der Waals surface area contributed by atoms with Gasteiger partial charge >= 0.3 is 5.97 Å². The van der Waals surface area contributed by atoms with Gasteiger partial charge in [-0.05, 0) is 32.4 Å². The summed E-state index contributed by atoms with van der Waals surface area (Å²) in [6.07, 6.45) is 3.90. The van der Waals surface area contributed by atoms with Gasteiger partial charge in [0.25, 0.3) is 0 Å². The van der Waals surface area contributed by atoms with E-state index in [4.69, 9.17) is 9.47 Å². The monoisotopic (exact) mass is 302 g/mol. The first-order valence-electron chi connectivity index (χ1n) is 7.58. The third-order valence-corrected chi connectivity index (χ3v) is 3.59. The highest BCUT2D eigenvalue weighted by molar-refractivity contribution is 5.80. The minimum Gasteiger partial charge on any atom is -0.475 e. The molecule has 2 unspecified atom stereocenters. The number of benzene rings is 1. The van der Waals surface area contributed by atoms with Gasteiger partial charge in [0.15, 0.2) is 0 Å². The molecule has 1 aromatic rings. The molecule has 2 atom stereocenters. The molecular weight excluding hydrogens is 276 g/mol. The number of aryl methyl sites for hydroxylation is 1. The molecule has 0 radical (unpaired) electrons. The largest absolute Gasteiger partial charge is 0.475 e. The number of esters is 1. The molecule has 0 amide bonds. The quantitative estimate of drug-likeness (QED) is 0.521. The van der Waals surface area contributed by atoms with Crippen LogP contribution in [-0.2, 0) is 9.53 Å². The van der Waals surface area contributed by atoms with E-state index in [1.165, 1.54) is 0 Å². The van der Waals surface area contributed by atoms with E-state index in [2.05, 4.69) is 13.2 Å². The highest BCUT2D eigenvalue weighted by Gasteiger charge is 2.36. The van der Waals surface area contributed by atoms with Crippen LogP contribution < -0.4 is 4.74 Å². The summed E-state index contributed by atoms with van der Waals surface area (Å²) in [5, 5.41) is 0. The minimum absolute atomic E-state index is 0.130. The van der Waals surface area contributed by atoms with Crippen molar-refractivity contribution in [2.24, 2.45) is 0 Å². The Labute approximate surface area is 133 Å². The first kappa shape index (κ1) is 18.0. The van der Waals surface area contributed by atoms with Gasteiger partial charge in [-0.1, -0.05) is 31.2 Å². The van der Waals surface area contributed by atoms with Crippen molar-refractivity contribution in [3.8, 4) is 5.75 Å². The molecule has 120 valence electrons. The van der Waals surface area contributed by atoms with Gasteiger partial charge in [0.05, 0.1) is 6.61 Å². The van der Waals surface area contributed by atoms with Crippen LogP contribution in [0.2, 0.25) is 0 Å². The lowest BCUT2D eigenvalue weighted by Crippen LogP contribution is -2.42. The molecule has 0 fully saturated rings. The van der Waals surface area contributed by atoms with E-state index in [0.29, 0.717) is 18.8 Å². The molecule has 0 bridgehead atoms. The van der Waals surface area contributed by atoms with E-state index in [1.54, 1.807) is 19.9 Å². The molecule has 0 aliphatic heterocycles. The molecule has 1 aromatic carbocycles. The standard InChI is InChI=1S/C19H26O3/c1-7-12-19(6,18(20)21-9-3)22-17-13-14(4)10-11-16(17)15(5)8-2/h7-8,10-11,13,15H,1-2,9,12H2,3-6H3. The summed E-state index contributed by atoms with van der Waals surface area (Å²) in [6.45, 7) is 15.4. The Morgan fingerprint density at radius 2 is 2.09 bits per heavy atom. The number of carbonyl (C=O) groups excluding carboxylic acids is 1. The first-order chi connectivity index (χ1) is 10.4. The summed E-state index contributed by atoms with van der Waals surface area (Å²) in [5.74, 6) is 0.434. The summed E-state index contributed by atoms with van der Waals surface area (Å²) in [7, 11) is 0. The lowest BCUT2D eigenvalue weighted by Gasteiger charge is -2.29. The normalized spacial score (nSPS) is 14.5. The summed E-state index contributed by atoms with van der Waals surface area (Å²) in [6, 6.07) is 5.98. The van der Waals surface area contributed by atoms with Gasteiger partial charge in [-0.15, -0.1) is 13.2 Å². The van der Waals surface area contributed by atoms with Crippen molar-refractivity contribution in [1.82, 2.24) is 0 Å². The molecule has 0 saturated carbocycles. The van der Waals surface area contributed by atoms with E-state index in [-0.39, 0.29) is 11.9 Å². The highest BCUT2D eigenvalue weighted by atomic mass is 16.6. The number of allylic oxidation sites excluding steroid dienone is 1. The lowest BCUT2D eigenvalue weighted by atomic mass is 9.97. The molecule has 0 saturated heterocycles. The van der Waals surface area contributed by atoms with Crippen LogP contribution in [0.15, 0.2) is 43.5 Å². The fraction of sp³-hybridized carbons (Fsp3) is 0.421. The van der Waals surface area contributed by atoms with Crippen LogP contribution in [0, 0.1) is 6.92 Å². The SMILES string of the molecule is C=CCC(C)(Oc1cc(C)ccc1C(C)C=C)C(=O)OCC. The average molecular weight is 302 g/mol. The number of carbonyl (C=O) groups is 1. The smallest absolute Gasteiger partial charge is 0.350 e. The Morgan fingerprint density at radius 1 is 1.41 bits per heavy atom. The fourth-order valence-electron chi connectivity index (χ4n) is 2.20. The van der Waals surface area contributed by atoms with Crippen LogP contribution in [0.5, 0.6) is 5.75 Å². The summed E-state index contributed by atoms with van der Waals surface area (Å²) < 4.78 is 11.3. The van der Waals surface area contributed by atoms with Crippen molar-refractivity contribution in [3.05, 3.63) is 54.6 Å². The third-order valence-electron chi connectivity index (χ3n) is 3.59. The van der Waals surface area contributed by atoms with Crippen molar-refractivity contribution in [3.63, 3.8) is 0 Å². The topological polar surface area (TPSA) is 35.5 Å². The average Bonchev–Trinajstić information content (AvgIpc) is 2.47. The third kappa shape index (κ3) is 4.23. The second-order valence-electron chi connectivity index (χ2n) is 5.61. The Morgan fingerprint density at radius 3 is 2.64 bits per heavy atom.